The van der Waals surface area contributed by atoms with Gasteiger partial charge in [0.15, 0.2) is 5.54 Å². The monoisotopic (exact) mass is 289 g/mol. The molecular formula is C15H19N3O3. The molecule has 21 heavy (non-hydrogen) atoms. The molecule has 0 aliphatic carbocycles. The van der Waals surface area contributed by atoms with Gasteiger partial charge in [0.05, 0.1) is 18.5 Å². The van der Waals surface area contributed by atoms with Gasteiger partial charge in [-0.15, -0.1) is 5.10 Å². The van der Waals surface area contributed by atoms with Crippen LogP contribution in [0.2, 0.25) is 0 Å². The summed E-state index contributed by atoms with van der Waals surface area (Å²) in [5.74, 6) is -0.172. The molecule has 112 valence electrons. The molecular weight excluding hydrogens is 270 g/mol. The summed E-state index contributed by atoms with van der Waals surface area (Å²) in [4.78, 5) is 11.4. The molecule has 0 saturated carbocycles. The van der Waals surface area contributed by atoms with E-state index in [1.54, 1.807) is 20.0 Å². The van der Waals surface area contributed by atoms with Gasteiger partial charge >= 0.3 is 5.97 Å². The predicted molar refractivity (Wildman–Crippen MR) is 78.2 cm³/mol. The van der Waals surface area contributed by atoms with Gasteiger partial charge in [-0.1, -0.05) is 12.1 Å². The van der Waals surface area contributed by atoms with Gasteiger partial charge in [-0.25, -0.2) is 9.48 Å². The molecule has 2 aromatic rings. The van der Waals surface area contributed by atoms with Gasteiger partial charge in [0, 0.05) is 5.56 Å². The Balaban J connectivity index is 2.31. The molecule has 0 atom stereocenters. The highest BCUT2D eigenvalue weighted by atomic mass is 16.5. The van der Waals surface area contributed by atoms with Crippen molar-refractivity contribution < 1.29 is 14.6 Å². The van der Waals surface area contributed by atoms with E-state index in [0.717, 1.165) is 17.7 Å². The number of ether oxygens (including phenoxy) is 1. The number of benzene rings is 1. The lowest BCUT2D eigenvalue weighted by Gasteiger charge is -2.21. The zero-order chi connectivity index (χ0) is 15.5. The lowest BCUT2D eigenvalue weighted by Crippen LogP contribution is -2.37. The second-order valence-corrected chi connectivity index (χ2v) is 5.27. The van der Waals surface area contributed by atoms with Gasteiger partial charge < -0.3 is 9.84 Å². The number of aromatic nitrogens is 3. The van der Waals surface area contributed by atoms with Crippen molar-refractivity contribution in [2.45, 2.75) is 32.7 Å². The molecule has 0 aliphatic rings. The van der Waals surface area contributed by atoms with E-state index in [1.807, 2.05) is 31.2 Å². The first-order valence-electron chi connectivity index (χ1n) is 6.84. The van der Waals surface area contributed by atoms with E-state index in [9.17, 15) is 9.90 Å². The molecule has 0 saturated heterocycles. The lowest BCUT2D eigenvalue weighted by molar-refractivity contribution is -0.146. The van der Waals surface area contributed by atoms with Crippen molar-refractivity contribution in [3.05, 3.63) is 30.5 Å². The van der Waals surface area contributed by atoms with Crippen molar-refractivity contribution in [2.24, 2.45) is 0 Å². The van der Waals surface area contributed by atoms with Gasteiger partial charge in [-0.05, 0) is 44.5 Å². The van der Waals surface area contributed by atoms with Gasteiger partial charge in [0.25, 0.3) is 0 Å². The van der Waals surface area contributed by atoms with Crippen molar-refractivity contribution in [3.8, 4) is 17.0 Å². The van der Waals surface area contributed by atoms with Crippen LogP contribution in [0.3, 0.4) is 0 Å². The van der Waals surface area contributed by atoms with Crippen LogP contribution >= 0.6 is 0 Å². The Hall–Kier alpha value is -2.37. The summed E-state index contributed by atoms with van der Waals surface area (Å²) in [6, 6.07) is 7.46. The zero-order valence-corrected chi connectivity index (χ0v) is 12.4. The molecule has 0 bridgehead atoms. The van der Waals surface area contributed by atoms with Crippen LogP contribution in [-0.4, -0.2) is 32.7 Å². The van der Waals surface area contributed by atoms with E-state index >= 15 is 0 Å². The fourth-order valence-electron chi connectivity index (χ4n) is 1.88. The number of nitrogens with zero attached hydrogens (tertiary/aromatic N) is 3. The summed E-state index contributed by atoms with van der Waals surface area (Å²) in [6.07, 6.45) is 2.51. The third-order valence-corrected chi connectivity index (χ3v) is 3.23. The van der Waals surface area contributed by atoms with Crippen molar-refractivity contribution in [1.29, 1.82) is 0 Å². The Labute approximate surface area is 123 Å². The van der Waals surface area contributed by atoms with Gasteiger partial charge in [-0.2, -0.15) is 0 Å². The van der Waals surface area contributed by atoms with E-state index in [-0.39, 0.29) is 0 Å². The van der Waals surface area contributed by atoms with Crippen LogP contribution in [0.15, 0.2) is 30.5 Å². The first-order chi connectivity index (χ1) is 9.96. The number of carboxylic acids is 1. The van der Waals surface area contributed by atoms with Crippen molar-refractivity contribution in [3.63, 3.8) is 0 Å². The van der Waals surface area contributed by atoms with Crippen LogP contribution in [0, 0.1) is 0 Å². The smallest absolute Gasteiger partial charge is 0.331 e. The Morgan fingerprint density at radius 2 is 2.00 bits per heavy atom. The van der Waals surface area contributed by atoms with E-state index < -0.39 is 11.5 Å². The Morgan fingerprint density at radius 3 is 2.57 bits per heavy atom. The lowest BCUT2D eigenvalue weighted by atomic mass is 10.0. The number of aliphatic carboxylic acids is 1. The third-order valence-electron chi connectivity index (χ3n) is 3.23. The van der Waals surface area contributed by atoms with Crippen LogP contribution in [0.1, 0.15) is 27.2 Å². The average Bonchev–Trinajstić information content (AvgIpc) is 2.95. The van der Waals surface area contributed by atoms with Crippen LogP contribution in [0.25, 0.3) is 11.3 Å². The molecule has 0 unspecified atom stereocenters. The quantitative estimate of drug-likeness (QED) is 0.884. The number of carboxylic acid groups (broad SMARTS) is 1. The summed E-state index contributed by atoms with van der Waals surface area (Å²) in [5, 5.41) is 17.1. The maximum atomic E-state index is 11.4. The van der Waals surface area contributed by atoms with E-state index in [0.29, 0.717) is 12.3 Å². The molecule has 6 nitrogen and oxygen atoms in total. The van der Waals surface area contributed by atoms with Gasteiger partial charge in [0.2, 0.25) is 0 Å². The minimum Gasteiger partial charge on any atom is -0.494 e. The standard InChI is InChI=1S/C15H19N3O3/c1-4-9-21-12-7-5-11(6-8-12)13-10-16-17-18(13)15(2,3)14(19)20/h5-8,10H,4,9H2,1-3H3,(H,19,20). The minimum atomic E-state index is -1.16. The third kappa shape index (κ3) is 3.04. The highest BCUT2D eigenvalue weighted by molar-refractivity contribution is 5.77. The van der Waals surface area contributed by atoms with E-state index in [2.05, 4.69) is 10.3 Å². The number of carbonyl (C=O) groups is 1. The van der Waals surface area contributed by atoms with E-state index in [4.69, 9.17) is 4.74 Å². The molecule has 0 amide bonds. The molecule has 6 heteroatoms. The summed E-state index contributed by atoms with van der Waals surface area (Å²) in [5.41, 5.74) is 0.339. The first kappa shape index (κ1) is 15.0. The summed E-state index contributed by atoms with van der Waals surface area (Å²) < 4.78 is 6.95. The van der Waals surface area contributed by atoms with Crippen molar-refractivity contribution >= 4 is 5.97 Å². The predicted octanol–water partition coefficient (Wildman–Crippen LogP) is 2.55. The summed E-state index contributed by atoms with van der Waals surface area (Å²) in [6.45, 7) is 5.90. The fourth-order valence-corrected chi connectivity index (χ4v) is 1.88. The second kappa shape index (κ2) is 5.95. The minimum absolute atomic E-state index is 0.657. The normalized spacial score (nSPS) is 11.4. The Kier molecular flexibility index (Phi) is 4.26. The molecule has 0 spiro atoms. The van der Waals surface area contributed by atoms with Gasteiger partial charge in [0.1, 0.15) is 5.75 Å². The highest BCUT2D eigenvalue weighted by Gasteiger charge is 2.32. The summed E-state index contributed by atoms with van der Waals surface area (Å²) in [7, 11) is 0. The SMILES string of the molecule is CCCOc1ccc(-c2cnnn2C(C)(C)C(=O)O)cc1. The first-order valence-corrected chi connectivity index (χ1v) is 6.84. The Bertz CT molecular complexity index is 617. The second-order valence-electron chi connectivity index (χ2n) is 5.27. The van der Waals surface area contributed by atoms with Gasteiger partial charge in [-0.3, -0.25) is 0 Å². The zero-order valence-electron chi connectivity index (χ0n) is 12.4. The molecule has 1 N–H and O–H groups in total. The maximum absolute atomic E-state index is 11.4. The number of hydrogen-bond acceptors (Lipinski definition) is 4. The number of rotatable bonds is 6. The van der Waals surface area contributed by atoms with E-state index in [1.165, 1.54) is 4.68 Å². The molecule has 0 radical (unpaired) electrons. The molecule has 1 aromatic heterocycles. The van der Waals surface area contributed by atoms with Crippen LogP contribution in [0.4, 0.5) is 0 Å². The molecule has 0 fully saturated rings. The number of hydrogen-bond donors (Lipinski definition) is 1. The van der Waals surface area contributed by atoms with Crippen LogP contribution in [-0.2, 0) is 10.3 Å². The molecule has 0 aliphatic heterocycles. The molecule has 2 rings (SSSR count). The maximum Gasteiger partial charge on any atom is 0.331 e. The largest absolute Gasteiger partial charge is 0.494 e. The Morgan fingerprint density at radius 1 is 1.33 bits per heavy atom. The summed E-state index contributed by atoms with van der Waals surface area (Å²) >= 11 is 0. The van der Waals surface area contributed by atoms with Crippen LogP contribution < -0.4 is 4.74 Å². The van der Waals surface area contributed by atoms with Crippen LogP contribution in [0.5, 0.6) is 5.75 Å². The van der Waals surface area contributed by atoms with Crippen molar-refractivity contribution in [1.82, 2.24) is 15.0 Å². The molecule has 1 aromatic carbocycles. The average molecular weight is 289 g/mol. The highest BCUT2D eigenvalue weighted by Crippen LogP contribution is 2.26. The van der Waals surface area contributed by atoms with Crippen molar-refractivity contribution in [2.75, 3.05) is 6.61 Å². The topological polar surface area (TPSA) is 77.2 Å². The fraction of sp³-hybridized carbons (Fsp3) is 0.400. The molecule has 1 heterocycles.